The molecule has 0 aliphatic rings. The Hall–Kier alpha value is -1.20. The number of benzene rings is 2. The zero-order valence-corrected chi connectivity index (χ0v) is 14.9. The molecule has 0 saturated carbocycles. The molecule has 5 heteroatoms. The van der Waals surface area contributed by atoms with Crippen molar-refractivity contribution in [1.29, 1.82) is 0 Å². The number of phenolic OH excluding ortho intramolecular Hbond substituents is 1. The van der Waals surface area contributed by atoms with Crippen molar-refractivity contribution < 1.29 is 9.84 Å². The molecule has 0 unspecified atom stereocenters. The van der Waals surface area contributed by atoms with Crippen molar-refractivity contribution in [3.05, 3.63) is 50.9 Å². The van der Waals surface area contributed by atoms with Crippen molar-refractivity contribution in [1.82, 2.24) is 0 Å². The second kappa shape index (κ2) is 7.71. The lowest BCUT2D eigenvalue weighted by molar-refractivity contribution is 0.317. The standard InChI is InChI=1S/C16H17Br2NO2/c1-2-7-21-13-5-3-12(4-6-13)19-10-11-8-14(17)16(20)15(18)9-11/h3-6,8-9,19-20H,2,7,10H2,1H3. The molecule has 3 nitrogen and oxygen atoms in total. The third kappa shape index (κ3) is 4.64. The van der Waals surface area contributed by atoms with Crippen LogP contribution in [0.25, 0.3) is 0 Å². The summed E-state index contributed by atoms with van der Waals surface area (Å²) in [6.07, 6.45) is 1.00. The Morgan fingerprint density at radius 2 is 1.71 bits per heavy atom. The number of aromatic hydroxyl groups is 1. The summed E-state index contributed by atoms with van der Waals surface area (Å²) in [6, 6.07) is 11.7. The summed E-state index contributed by atoms with van der Waals surface area (Å²) in [5.74, 6) is 1.11. The lowest BCUT2D eigenvalue weighted by Crippen LogP contribution is -2.00. The smallest absolute Gasteiger partial charge is 0.143 e. The first kappa shape index (κ1) is 16.2. The number of rotatable bonds is 6. The fourth-order valence-electron chi connectivity index (χ4n) is 1.81. The van der Waals surface area contributed by atoms with Crippen LogP contribution in [0.2, 0.25) is 0 Å². The van der Waals surface area contributed by atoms with Gasteiger partial charge in [-0.1, -0.05) is 6.92 Å². The van der Waals surface area contributed by atoms with E-state index in [4.69, 9.17) is 4.74 Å². The van der Waals surface area contributed by atoms with Crippen LogP contribution in [-0.2, 0) is 6.54 Å². The molecule has 0 spiro atoms. The number of hydrogen-bond acceptors (Lipinski definition) is 3. The molecule has 0 saturated heterocycles. The number of ether oxygens (including phenoxy) is 1. The average molecular weight is 415 g/mol. The van der Waals surface area contributed by atoms with Gasteiger partial charge in [-0.25, -0.2) is 0 Å². The fourth-order valence-corrected chi connectivity index (χ4v) is 3.09. The molecule has 0 aliphatic carbocycles. The molecule has 21 heavy (non-hydrogen) atoms. The maximum absolute atomic E-state index is 9.69. The van der Waals surface area contributed by atoms with Crippen LogP contribution in [0, 0.1) is 0 Å². The number of nitrogens with one attached hydrogen (secondary N) is 1. The van der Waals surface area contributed by atoms with Crippen molar-refractivity contribution >= 4 is 37.5 Å². The average Bonchev–Trinajstić information content (AvgIpc) is 2.49. The normalized spacial score (nSPS) is 10.4. The van der Waals surface area contributed by atoms with Crippen molar-refractivity contribution in [3.63, 3.8) is 0 Å². The first-order chi connectivity index (χ1) is 10.1. The molecule has 0 aliphatic heterocycles. The molecule has 2 aromatic rings. The zero-order valence-electron chi connectivity index (χ0n) is 11.7. The second-order valence-corrected chi connectivity index (χ2v) is 6.34. The molecular weight excluding hydrogens is 398 g/mol. The lowest BCUT2D eigenvalue weighted by atomic mass is 10.2. The summed E-state index contributed by atoms with van der Waals surface area (Å²) in [7, 11) is 0. The van der Waals surface area contributed by atoms with Crippen LogP contribution in [-0.4, -0.2) is 11.7 Å². The predicted octanol–water partition coefficient (Wildman–Crippen LogP) is 5.32. The van der Waals surface area contributed by atoms with Gasteiger partial charge in [0.1, 0.15) is 11.5 Å². The maximum Gasteiger partial charge on any atom is 0.143 e. The monoisotopic (exact) mass is 413 g/mol. The predicted molar refractivity (Wildman–Crippen MR) is 93.1 cm³/mol. The van der Waals surface area contributed by atoms with E-state index >= 15 is 0 Å². The summed E-state index contributed by atoms with van der Waals surface area (Å²) in [6.45, 7) is 3.50. The van der Waals surface area contributed by atoms with Gasteiger partial charge < -0.3 is 15.2 Å². The van der Waals surface area contributed by atoms with E-state index in [2.05, 4.69) is 44.1 Å². The Morgan fingerprint density at radius 3 is 2.29 bits per heavy atom. The summed E-state index contributed by atoms with van der Waals surface area (Å²) in [4.78, 5) is 0. The van der Waals surface area contributed by atoms with Gasteiger partial charge in [0.05, 0.1) is 15.6 Å². The van der Waals surface area contributed by atoms with Crippen LogP contribution in [0.15, 0.2) is 45.3 Å². The fraction of sp³-hybridized carbons (Fsp3) is 0.250. The van der Waals surface area contributed by atoms with Gasteiger partial charge in [0, 0.05) is 12.2 Å². The summed E-state index contributed by atoms with van der Waals surface area (Å²) in [5.41, 5.74) is 2.09. The van der Waals surface area contributed by atoms with Gasteiger partial charge in [-0.15, -0.1) is 0 Å². The van der Waals surface area contributed by atoms with Gasteiger partial charge in [-0.3, -0.25) is 0 Å². The summed E-state index contributed by atoms with van der Waals surface area (Å²) in [5, 5.41) is 13.0. The summed E-state index contributed by atoms with van der Waals surface area (Å²) < 4.78 is 6.91. The highest BCUT2D eigenvalue weighted by atomic mass is 79.9. The van der Waals surface area contributed by atoms with Gasteiger partial charge in [-0.2, -0.15) is 0 Å². The van der Waals surface area contributed by atoms with Crippen LogP contribution in [0.5, 0.6) is 11.5 Å². The third-order valence-corrected chi connectivity index (χ3v) is 4.11. The van der Waals surface area contributed by atoms with E-state index in [9.17, 15) is 5.11 Å². The molecule has 0 aromatic heterocycles. The third-order valence-electron chi connectivity index (χ3n) is 2.90. The molecule has 2 N–H and O–H groups in total. The Labute approximate surface area is 141 Å². The molecule has 0 radical (unpaired) electrons. The van der Waals surface area contributed by atoms with Gasteiger partial charge in [0.25, 0.3) is 0 Å². The zero-order chi connectivity index (χ0) is 15.2. The quantitative estimate of drug-likeness (QED) is 0.672. The van der Waals surface area contributed by atoms with Crippen LogP contribution < -0.4 is 10.1 Å². The highest BCUT2D eigenvalue weighted by Gasteiger charge is 2.05. The van der Waals surface area contributed by atoms with Crippen molar-refractivity contribution in [3.8, 4) is 11.5 Å². The van der Waals surface area contributed by atoms with Gasteiger partial charge >= 0.3 is 0 Å². The molecule has 2 aromatic carbocycles. The molecule has 0 amide bonds. The number of halogens is 2. The van der Waals surface area contributed by atoms with E-state index in [1.165, 1.54) is 0 Å². The molecule has 0 fully saturated rings. The van der Waals surface area contributed by atoms with Gasteiger partial charge in [0.2, 0.25) is 0 Å². The number of phenols is 1. The number of anilines is 1. The Balaban J connectivity index is 1.96. The van der Waals surface area contributed by atoms with Crippen molar-refractivity contribution in [2.75, 3.05) is 11.9 Å². The van der Waals surface area contributed by atoms with E-state index < -0.39 is 0 Å². The van der Waals surface area contributed by atoms with E-state index in [0.29, 0.717) is 15.5 Å². The van der Waals surface area contributed by atoms with Crippen molar-refractivity contribution in [2.45, 2.75) is 19.9 Å². The van der Waals surface area contributed by atoms with E-state index in [1.807, 2.05) is 36.4 Å². The number of hydrogen-bond donors (Lipinski definition) is 2. The van der Waals surface area contributed by atoms with Crippen LogP contribution in [0.1, 0.15) is 18.9 Å². The van der Waals surface area contributed by atoms with Gasteiger partial charge in [-0.05, 0) is 80.2 Å². The largest absolute Gasteiger partial charge is 0.506 e. The molecule has 0 bridgehead atoms. The Kier molecular flexibility index (Phi) is 5.94. The van der Waals surface area contributed by atoms with Crippen LogP contribution in [0.3, 0.4) is 0 Å². The highest BCUT2D eigenvalue weighted by Crippen LogP contribution is 2.33. The van der Waals surface area contributed by atoms with Gasteiger partial charge in [0.15, 0.2) is 0 Å². The Bertz CT molecular complexity index is 577. The minimum absolute atomic E-state index is 0.219. The highest BCUT2D eigenvalue weighted by molar-refractivity contribution is 9.11. The van der Waals surface area contributed by atoms with E-state index in [-0.39, 0.29) is 5.75 Å². The molecule has 0 atom stereocenters. The minimum Gasteiger partial charge on any atom is -0.506 e. The molecule has 112 valence electrons. The first-order valence-corrected chi connectivity index (χ1v) is 8.32. The molecular formula is C16H17Br2NO2. The maximum atomic E-state index is 9.69. The first-order valence-electron chi connectivity index (χ1n) is 6.73. The van der Waals surface area contributed by atoms with Crippen LogP contribution >= 0.6 is 31.9 Å². The minimum atomic E-state index is 0.219. The van der Waals surface area contributed by atoms with Crippen molar-refractivity contribution in [2.24, 2.45) is 0 Å². The topological polar surface area (TPSA) is 41.5 Å². The Morgan fingerprint density at radius 1 is 1.10 bits per heavy atom. The summed E-state index contributed by atoms with van der Waals surface area (Å²) >= 11 is 6.66. The lowest BCUT2D eigenvalue weighted by Gasteiger charge is -2.10. The van der Waals surface area contributed by atoms with E-state index in [1.54, 1.807) is 0 Å². The second-order valence-electron chi connectivity index (χ2n) is 4.63. The van der Waals surface area contributed by atoms with Crippen LogP contribution in [0.4, 0.5) is 5.69 Å². The SMILES string of the molecule is CCCOc1ccc(NCc2cc(Br)c(O)c(Br)c2)cc1. The molecule has 0 heterocycles. The molecule has 2 rings (SSSR count). The van der Waals surface area contributed by atoms with E-state index in [0.717, 1.165) is 30.0 Å².